The second-order valence-electron chi connectivity index (χ2n) is 6.80. The van der Waals surface area contributed by atoms with Crippen LogP contribution < -0.4 is 5.32 Å². The molecule has 0 aromatic heterocycles. The van der Waals surface area contributed by atoms with Crippen molar-refractivity contribution < 1.29 is 13.2 Å². The van der Waals surface area contributed by atoms with Crippen LogP contribution in [0.25, 0.3) is 0 Å². The molecule has 22 heavy (non-hydrogen) atoms. The van der Waals surface area contributed by atoms with Crippen LogP contribution in [0.5, 0.6) is 0 Å². The Morgan fingerprint density at radius 1 is 1.18 bits per heavy atom. The molecule has 0 atom stereocenters. The molecule has 0 aromatic rings. The van der Waals surface area contributed by atoms with Gasteiger partial charge in [-0.3, -0.25) is 4.79 Å². The predicted molar refractivity (Wildman–Crippen MR) is 90.1 cm³/mol. The van der Waals surface area contributed by atoms with Gasteiger partial charge >= 0.3 is 0 Å². The molecule has 0 radical (unpaired) electrons. The molecule has 0 aliphatic heterocycles. The summed E-state index contributed by atoms with van der Waals surface area (Å²) in [5.41, 5.74) is 0. The second-order valence-corrected chi connectivity index (χ2v) is 8.74. The Labute approximate surface area is 135 Å². The van der Waals surface area contributed by atoms with Gasteiger partial charge in [0.15, 0.2) is 0 Å². The van der Waals surface area contributed by atoms with Gasteiger partial charge < -0.3 is 5.32 Å². The van der Waals surface area contributed by atoms with E-state index in [-0.39, 0.29) is 18.4 Å². The zero-order valence-electron chi connectivity index (χ0n) is 14.3. The van der Waals surface area contributed by atoms with Crippen LogP contribution in [0.3, 0.4) is 0 Å². The fourth-order valence-corrected chi connectivity index (χ4v) is 4.14. The minimum atomic E-state index is -3.26. The second kappa shape index (κ2) is 9.50. The van der Waals surface area contributed by atoms with Gasteiger partial charge in [0, 0.05) is 25.6 Å². The summed E-state index contributed by atoms with van der Waals surface area (Å²) < 4.78 is 25.7. The van der Waals surface area contributed by atoms with Crippen LogP contribution in [0.2, 0.25) is 0 Å². The number of nitrogens with zero attached hydrogens (tertiary/aromatic N) is 1. The van der Waals surface area contributed by atoms with E-state index >= 15 is 0 Å². The molecular weight excluding hydrogens is 300 g/mol. The molecular formula is C16H32N2O3S. The molecule has 0 saturated heterocycles. The quantitative estimate of drug-likeness (QED) is 0.695. The fourth-order valence-electron chi connectivity index (χ4n) is 2.97. The van der Waals surface area contributed by atoms with Crippen molar-refractivity contribution in [3.8, 4) is 0 Å². The number of carbonyl (C=O) groups excluding carboxylic acids is 1. The monoisotopic (exact) mass is 332 g/mol. The predicted octanol–water partition coefficient (Wildman–Crippen LogP) is 2.52. The maximum Gasteiger partial charge on any atom is 0.221 e. The van der Waals surface area contributed by atoms with Crippen molar-refractivity contribution in [2.24, 2.45) is 5.92 Å². The average molecular weight is 333 g/mol. The largest absolute Gasteiger partial charge is 0.356 e. The molecule has 1 aliphatic carbocycles. The van der Waals surface area contributed by atoms with Crippen LogP contribution in [-0.4, -0.2) is 44.0 Å². The summed E-state index contributed by atoms with van der Waals surface area (Å²) in [6.45, 7) is 5.20. The topological polar surface area (TPSA) is 66.5 Å². The molecule has 1 N–H and O–H groups in total. The van der Waals surface area contributed by atoms with Gasteiger partial charge in [-0.2, -0.15) is 4.31 Å². The number of hydrogen-bond donors (Lipinski definition) is 1. The minimum Gasteiger partial charge on any atom is -0.356 e. The highest BCUT2D eigenvalue weighted by Gasteiger charge is 2.27. The van der Waals surface area contributed by atoms with E-state index in [2.05, 4.69) is 19.2 Å². The maximum atomic E-state index is 12.1. The van der Waals surface area contributed by atoms with Gasteiger partial charge in [0.25, 0.3) is 0 Å². The molecule has 1 fully saturated rings. The summed E-state index contributed by atoms with van der Waals surface area (Å²) in [6, 6.07) is 0.0703. The first kappa shape index (κ1) is 19.4. The molecule has 1 amide bonds. The van der Waals surface area contributed by atoms with E-state index in [4.69, 9.17) is 0 Å². The van der Waals surface area contributed by atoms with Crippen molar-refractivity contribution in [2.75, 3.05) is 19.3 Å². The first-order valence-corrected chi connectivity index (χ1v) is 10.4. The zero-order chi connectivity index (χ0) is 16.6. The van der Waals surface area contributed by atoms with Gasteiger partial charge in [-0.15, -0.1) is 0 Å². The number of sulfonamides is 1. The molecule has 130 valence electrons. The van der Waals surface area contributed by atoms with E-state index in [9.17, 15) is 13.2 Å². The van der Waals surface area contributed by atoms with E-state index in [1.54, 1.807) is 4.31 Å². The summed E-state index contributed by atoms with van der Waals surface area (Å²) in [5, 5.41) is 2.88. The van der Waals surface area contributed by atoms with E-state index in [1.165, 1.54) is 19.1 Å². The lowest BCUT2D eigenvalue weighted by atomic mass is 10.1. The van der Waals surface area contributed by atoms with Crippen molar-refractivity contribution in [1.82, 2.24) is 9.62 Å². The average Bonchev–Trinajstić information content (AvgIpc) is 2.66. The van der Waals surface area contributed by atoms with Crippen LogP contribution in [0.4, 0.5) is 0 Å². The van der Waals surface area contributed by atoms with Crippen LogP contribution in [-0.2, 0) is 14.8 Å². The molecule has 0 unspecified atom stereocenters. The number of carbonyl (C=O) groups is 1. The molecule has 0 spiro atoms. The SMILES string of the molecule is CC(C)CCNC(=O)CCN(C1CCCCCC1)S(C)(=O)=O. The van der Waals surface area contributed by atoms with Gasteiger partial charge in [-0.25, -0.2) is 8.42 Å². The Bertz CT molecular complexity index is 427. The molecule has 6 heteroatoms. The molecule has 0 heterocycles. The first-order chi connectivity index (χ1) is 10.3. The lowest BCUT2D eigenvalue weighted by molar-refractivity contribution is -0.121. The third-order valence-corrected chi connectivity index (χ3v) is 5.59. The number of hydrogen-bond acceptors (Lipinski definition) is 3. The molecule has 1 aliphatic rings. The van der Waals surface area contributed by atoms with Crippen molar-refractivity contribution in [3.63, 3.8) is 0 Å². The Morgan fingerprint density at radius 3 is 2.27 bits per heavy atom. The number of rotatable bonds is 8. The third-order valence-electron chi connectivity index (χ3n) is 4.26. The summed E-state index contributed by atoms with van der Waals surface area (Å²) >= 11 is 0. The van der Waals surface area contributed by atoms with E-state index in [1.807, 2.05) is 0 Å². The Kier molecular flexibility index (Phi) is 8.39. The highest BCUT2D eigenvalue weighted by Crippen LogP contribution is 2.23. The van der Waals surface area contributed by atoms with Crippen LogP contribution in [0.15, 0.2) is 0 Å². The molecule has 0 aromatic carbocycles. The standard InChI is InChI=1S/C16H32N2O3S/c1-14(2)10-12-17-16(19)11-13-18(22(3,20)21)15-8-6-4-5-7-9-15/h14-15H,4-13H2,1-3H3,(H,17,19). The van der Waals surface area contributed by atoms with Crippen molar-refractivity contribution in [3.05, 3.63) is 0 Å². The van der Waals surface area contributed by atoms with Crippen molar-refractivity contribution >= 4 is 15.9 Å². The lowest BCUT2D eigenvalue weighted by Crippen LogP contribution is -2.41. The highest BCUT2D eigenvalue weighted by atomic mass is 32.2. The first-order valence-electron chi connectivity index (χ1n) is 8.54. The lowest BCUT2D eigenvalue weighted by Gasteiger charge is -2.28. The van der Waals surface area contributed by atoms with Crippen LogP contribution in [0.1, 0.15) is 65.2 Å². The maximum absolute atomic E-state index is 12.1. The van der Waals surface area contributed by atoms with E-state index < -0.39 is 10.0 Å². The highest BCUT2D eigenvalue weighted by molar-refractivity contribution is 7.88. The van der Waals surface area contributed by atoms with E-state index in [0.717, 1.165) is 32.1 Å². The zero-order valence-corrected chi connectivity index (χ0v) is 15.1. The summed E-state index contributed by atoms with van der Waals surface area (Å²) in [5.74, 6) is 0.502. The van der Waals surface area contributed by atoms with Crippen LogP contribution >= 0.6 is 0 Å². The molecule has 0 bridgehead atoms. The summed E-state index contributed by atoms with van der Waals surface area (Å²) in [7, 11) is -3.26. The van der Waals surface area contributed by atoms with Gasteiger partial charge in [0.2, 0.25) is 15.9 Å². The Morgan fingerprint density at radius 2 is 1.77 bits per heavy atom. The summed E-state index contributed by atoms with van der Waals surface area (Å²) in [6.07, 6.45) is 8.83. The Hall–Kier alpha value is -0.620. The molecule has 1 saturated carbocycles. The van der Waals surface area contributed by atoms with Gasteiger partial charge in [0.1, 0.15) is 0 Å². The normalized spacial score (nSPS) is 17.7. The summed E-state index contributed by atoms with van der Waals surface area (Å²) in [4.78, 5) is 11.9. The van der Waals surface area contributed by atoms with Crippen LogP contribution in [0, 0.1) is 5.92 Å². The molecule has 5 nitrogen and oxygen atoms in total. The Balaban J connectivity index is 2.50. The third kappa shape index (κ3) is 7.58. The number of amides is 1. The van der Waals surface area contributed by atoms with Crippen molar-refractivity contribution in [2.45, 2.75) is 71.3 Å². The van der Waals surface area contributed by atoms with Gasteiger partial charge in [0.05, 0.1) is 6.26 Å². The number of nitrogens with one attached hydrogen (secondary N) is 1. The molecule has 1 rings (SSSR count). The van der Waals surface area contributed by atoms with E-state index in [0.29, 0.717) is 19.0 Å². The van der Waals surface area contributed by atoms with Crippen molar-refractivity contribution in [1.29, 1.82) is 0 Å². The fraction of sp³-hybridized carbons (Fsp3) is 0.938. The smallest absolute Gasteiger partial charge is 0.221 e. The van der Waals surface area contributed by atoms with Gasteiger partial charge in [-0.1, -0.05) is 39.5 Å². The minimum absolute atomic E-state index is 0.0529. The van der Waals surface area contributed by atoms with Gasteiger partial charge in [-0.05, 0) is 25.2 Å².